The molecular weight excluding hydrogens is 272 g/mol. The van der Waals surface area contributed by atoms with Gasteiger partial charge in [-0.25, -0.2) is 14.8 Å². The highest BCUT2D eigenvalue weighted by molar-refractivity contribution is 5.89. The largest absolute Gasteiger partial charge is 0.481 e. The van der Waals surface area contributed by atoms with Gasteiger partial charge in [0.05, 0.1) is 24.0 Å². The number of carbonyl (C=O) groups is 2. The number of hydrogen-bond acceptors (Lipinski definition) is 4. The van der Waals surface area contributed by atoms with Gasteiger partial charge in [0, 0.05) is 18.5 Å². The predicted molar refractivity (Wildman–Crippen MR) is 77.1 cm³/mol. The van der Waals surface area contributed by atoms with Crippen LogP contribution in [-0.2, 0) is 10.2 Å². The van der Waals surface area contributed by atoms with Crippen molar-refractivity contribution in [2.45, 2.75) is 32.6 Å². The van der Waals surface area contributed by atoms with E-state index in [-0.39, 0.29) is 18.0 Å². The number of rotatable bonds is 2. The number of nitrogens with zero attached hydrogens (tertiary/aromatic N) is 3. The molecule has 0 radical (unpaired) electrons. The summed E-state index contributed by atoms with van der Waals surface area (Å²) in [5.41, 5.74) is 0.360. The number of urea groups is 1. The van der Waals surface area contributed by atoms with E-state index in [2.05, 4.69) is 15.3 Å². The third kappa shape index (κ3) is 3.68. The molecule has 2 rings (SSSR count). The van der Waals surface area contributed by atoms with E-state index >= 15 is 0 Å². The van der Waals surface area contributed by atoms with Gasteiger partial charge in [0.2, 0.25) is 0 Å². The SMILES string of the molecule is CC(C)(C)c1ncc(NC(=O)N2CCC(C(=O)O)C2)cn1. The maximum atomic E-state index is 12.0. The standard InChI is InChI=1S/C14H20N4O3/c1-14(2,3)12-15-6-10(7-16-12)17-13(21)18-5-4-9(8-18)11(19)20/h6-7,9H,4-5,8H2,1-3H3,(H,17,21)(H,19,20). The minimum atomic E-state index is -0.858. The van der Waals surface area contributed by atoms with Crippen molar-refractivity contribution < 1.29 is 14.7 Å². The summed E-state index contributed by atoms with van der Waals surface area (Å²) in [6.45, 7) is 6.72. The molecule has 2 heterocycles. The highest BCUT2D eigenvalue weighted by Gasteiger charge is 2.30. The second-order valence-corrected chi connectivity index (χ2v) is 6.25. The molecule has 7 heteroatoms. The van der Waals surface area contributed by atoms with E-state index in [1.165, 1.54) is 4.90 Å². The molecule has 0 spiro atoms. The Hall–Kier alpha value is -2.18. The summed E-state index contributed by atoms with van der Waals surface area (Å²) in [6, 6.07) is -0.314. The van der Waals surface area contributed by atoms with E-state index in [0.717, 1.165) is 0 Å². The number of anilines is 1. The maximum absolute atomic E-state index is 12.0. The van der Waals surface area contributed by atoms with Crippen molar-refractivity contribution in [3.05, 3.63) is 18.2 Å². The van der Waals surface area contributed by atoms with E-state index in [4.69, 9.17) is 5.11 Å². The molecule has 0 bridgehead atoms. The topological polar surface area (TPSA) is 95.4 Å². The summed E-state index contributed by atoms with van der Waals surface area (Å²) in [4.78, 5) is 32.9. The quantitative estimate of drug-likeness (QED) is 0.865. The van der Waals surface area contributed by atoms with Gasteiger partial charge in [0.1, 0.15) is 5.82 Å². The zero-order valence-corrected chi connectivity index (χ0v) is 12.5. The van der Waals surface area contributed by atoms with Gasteiger partial charge in [-0.3, -0.25) is 4.79 Å². The zero-order chi connectivity index (χ0) is 15.6. The second kappa shape index (κ2) is 5.67. The van der Waals surface area contributed by atoms with Crippen LogP contribution in [0.3, 0.4) is 0 Å². The number of carboxylic acids is 1. The minimum absolute atomic E-state index is 0.147. The summed E-state index contributed by atoms with van der Waals surface area (Å²) in [6.07, 6.45) is 3.62. The van der Waals surface area contributed by atoms with Crippen LogP contribution in [0, 0.1) is 5.92 Å². The van der Waals surface area contributed by atoms with Gasteiger partial charge in [0.15, 0.2) is 0 Å². The van der Waals surface area contributed by atoms with Gasteiger partial charge >= 0.3 is 12.0 Å². The highest BCUT2D eigenvalue weighted by atomic mass is 16.4. The Labute approximate surface area is 123 Å². The Morgan fingerprint density at radius 1 is 1.33 bits per heavy atom. The summed E-state index contributed by atoms with van der Waals surface area (Å²) >= 11 is 0. The summed E-state index contributed by atoms with van der Waals surface area (Å²) in [5, 5.41) is 11.6. The first-order valence-corrected chi connectivity index (χ1v) is 6.88. The molecule has 1 aromatic heterocycles. The van der Waals surface area contributed by atoms with Crippen LogP contribution in [0.1, 0.15) is 33.0 Å². The first-order chi connectivity index (χ1) is 9.77. The molecule has 2 N–H and O–H groups in total. The first kappa shape index (κ1) is 15.2. The Balaban J connectivity index is 1.96. The van der Waals surface area contributed by atoms with Crippen molar-refractivity contribution in [1.29, 1.82) is 0 Å². The average Bonchev–Trinajstić information content (AvgIpc) is 2.88. The summed E-state index contributed by atoms with van der Waals surface area (Å²) in [7, 11) is 0. The van der Waals surface area contributed by atoms with Gasteiger partial charge in [0.25, 0.3) is 0 Å². The van der Waals surface area contributed by atoms with Gasteiger partial charge in [-0.1, -0.05) is 20.8 Å². The van der Waals surface area contributed by atoms with E-state index in [9.17, 15) is 9.59 Å². The molecular formula is C14H20N4O3. The number of carbonyl (C=O) groups excluding carboxylic acids is 1. The van der Waals surface area contributed by atoms with E-state index in [0.29, 0.717) is 24.5 Å². The fourth-order valence-corrected chi connectivity index (χ4v) is 2.13. The summed E-state index contributed by atoms with van der Waals surface area (Å²) < 4.78 is 0. The van der Waals surface area contributed by atoms with Crippen LogP contribution in [0.2, 0.25) is 0 Å². The lowest BCUT2D eigenvalue weighted by atomic mass is 9.96. The number of hydrogen-bond donors (Lipinski definition) is 2. The molecule has 1 aromatic rings. The molecule has 1 aliphatic heterocycles. The maximum Gasteiger partial charge on any atom is 0.321 e. The smallest absolute Gasteiger partial charge is 0.321 e. The van der Waals surface area contributed by atoms with Crippen molar-refractivity contribution >= 4 is 17.7 Å². The molecule has 1 unspecified atom stereocenters. The lowest BCUT2D eigenvalue weighted by Crippen LogP contribution is -2.34. The summed E-state index contributed by atoms with van der Waals surface area (Å²) in [5.74, 6) is -0.633. The van der Waals surface area contributed by atoms with E-state index < -0.39 is 11.9 Å². The van der Waals surface area contributed by atoms with Crippen LogP contribution in [0.15, 0.2) is 12.4 Å². The van der Waals surface area contributed by atoms with E-state index in [1.54, 1.807) is 12.4 Å². The normalized spacial score (nSPS) is 18.6. The van der Waals surface area contributed by atoms with Crippen LogP contribution in [-0.4, -0.2) is 45.1 Å². The van der Waals surface area contributed by atoms with Crippen LogP contribution in [0.5, 0.6) is 0 Å². The lowest BCUT2D eigenvalue weighted by molar-refractivity contribution is -0.141. The fourth-order valence-electron chi connectivity index (χ4n) is 2.13. The average molecular weight is 292 g/mol. The molecule has 1 aliphatic rings. The third-order valence-corrected chi connectivity index (χ3v) is 3.40. The molecule has 0 aliphatic carbocycles. The number of aromatic nitrogens is 2. The number of carboxylic acid groups (broad SMARTS) is 1. The van der Waals surface area contributed by atoms with Crippen molar-refractivity contribution in [2.75, 3.05) is 18.4 Å². The molecule has 1 fully saturated rings. The van der Waals surface area contributed by atoms with Crippen molar-refractivity contribution in [1.82, 2.24) is 14.9 Å². The molecule has 1 atom stereocenters. The number of amides is 2. The number of aliphatic carboxylic acids is 1. The number of likely N-dealkylation sites (tertiary alicyclic amines) is 1. The fraction of sp³-hybridized carbons (Fsp3) is 0.571. The second-order valence-electron chi connectivity index (χ2n) is 6.25. The van der Waals surface area contributed by atoms with E-state index in [1.807, 2.05) is 20.8 Å². The molecule has 21 heavy (non-hydrogen) atoms. The molecule has 1 saturated heterocycles. The molecule has 2 amide bonds. The number of nitrogens with one attached hydrogen (secondary N) is 1. The van der Waals surface area contributed by atoms with Crippen molar-refractivity contribution in [2.24, 2.45) is 5.92 Å². The van der Waals surface area contributed by atoms with Crippen molar-refractivity contribution in [3.8, 4) is 0 Å². The minimum Gasteiger partial charge on any atom is -0.481 e. The Morgan fingerprint density at radius 2 is 1.95 bits per heavy atom. The predicted octanol–water partition coefficient (Wildman–Crippen LogP) is 1.71. The monoisotopic (exact) mass is 292 g/mol. The third-order valence-electron chi connectivity index (χ3n) is 3.40. The Bertz CT molecular complexity index is 536. The van der Waals surface area contributed by atoms with Crippen LogP contribution in [0.4, 0.5) is 10.5 Å². The van der Waals surface area contributed by atoms with Gasteiger partial charge in [-0.2, -0.15) is 0 Å². The molecule has 114 valence electrons. The van der Waals surface area contributed by atoms with Crippen LogP contribution in [0.25, 0.3) is 0 Å². The molecule has 7 nitrogen and oxygen atoms in total. The van der Waals surface area contributed by atoms with Gasteiger partial charge < -0.3 is 15.3 Å². The van der Waals surface area contributed by atoms with Gasteiger partial charge in [-0.05, 0) is 6.42 Å². The Morgan fingerprint density at radius 3 is 2.43 bits per heavy atom. The molecule has 0 aromatic carbocycles. The first-order valence-electron chi connectivity index (χ1n) is 6.88. The lowest BCUT2D eigenvalue weighted by Gasteiger charge is -2.18. The van der Waals surface area contributed by atoms with Crippen molar-refractivity contribution in [3.63, 3.8) is 0 Å². The van der Waals surface area contributed by atoms with Gasteiger partial charge in [-0.15, -0.1) is 0 Å². The van der Waals surface area contributed by atoms with Crippen LogP contribution < -0.4 is 5.32 Å². The van der Waals surface area contributed by atoms with Crippen LogP contribution >= 0.6 is 0 Å². The Kier molecular flexibility index (Phi) is 4.11. The zero-order valence-electron chi connectivity index (χ0n) is 12.5. The highest BCUT2D eigenvalue weighted by Crippen LogP contribution is 2.20. The molecule has 0 saturated carbocycles.